The van der Waals surface area contributed by atoms with Crippen LogP contribution < -0.4 is 5.32 Å². The summed E-state index contributed by atoms with van der Waals surface area (Å²) in [5.74, 6) is -1.39. The van der Waals surface area contributed by atoms with Gasteiger partial charge in [-0.05, 0) is 42.3 Å². The lowest BCUT2D eigenvalue weighted by atomic mass is 10.2. The predicted molar refractivity (Wildman–Crippen MR) is 127 cm³/mol. The first kappa shape index (κ1) is 22.5. The van der Waals surface area contributed by atoms with Crippen LogP contribution in [0.2, 0.25) is 0 Å². The number of aromatic carboxylic acids is 1. The molecule has 0 atom stereocenters. The molecule has 2 aromatic rings. The Kier molecular flexibility index (Phi) is 7.75. The molecule has 1 aliphatic rings. The first-order valence-electron chi connectivity index (χ1n) is 9.54. The Labute approximate surface area is 189 Å². The summed E-state index contributed by atoms with van der Waals surface area (Å²) in [5, 5.41) is 11.6. The Morgan fingerprint density at radius 1 is 1.10 bits per heavy atom. The van der Waals surface area contributed by atoms with Crippen molar-refractivity contribution in [3.05, 3.63) is 82.8 Å². The van der Waals surface area contributed by atoms with Crippen LogP contribution in [0.1, 0.15) is 28.8 Å². The fraction of sp³-hybridized carbons (Fsp3) is 0.130. The van der Waals surface area contributed by atoms with Gasteiger partial charge in [-0.2, -0.15) is 0 Å². The second-order valence-corrected chi connectivity index (χ2v) is 8.34. The normalized spacial score (nSPS) is 15.1. The molecule has 2 amide bonds. The highest BCUT2D eigenvalue weighted by Crippen LogP contribution is 2.31. The van der Waals surface area contributed by atoms with E-state index in [-0.39, 0.29) is 23.8 Å². The SMILES string of the molecule is O=C(CCCN1C(=O)/C(=C/C=C/c2ccccc2)SC1=S)Nc1ccc(C(=O)O)cc1. The summed E-state index contributed by atoms with van der Waals surface area (Å²) < 4.78 is 0.481. The highest BCUT2D eigenvalue weighted by Gasteiger charge is 2.31. The number of thiocarbonyl (C=S) groups is 1. The van der Waals surface area contributed by atoms with Crippen molar-refractivity contribution in [1.82, 2.24) is 4.90 Å². The minimum Gasteiger partial charge on any atom is -0.478 e. The zero-order chi connectivity index (χ0) is 22.2. The molecule has 3 rings (SSSR count). The largest absolute Gasteiger partial charge is 0.478 e. The van der Waals surface area contributed by atoms with Gasteiger partial charge in [0.1, 0.15) is 4.32 Å². The number of anilines is 1. The average molecular weight is 453 g/mol. The number of carbonyl (C=O) groups is 3. The first-order chi connectivity index (χ1) is 14.9. The Bertz CT molecular complexity index is 1050. The number of allylic oxidation sites excluding steroid dienone is 2. The molecule has 1 fully saturated rings. The van der Waals surface area contributed by atoms with Gasteiger partial charge in [-0.1, -0.05) is 66.5 Å². The Balaban J connectivity index is 1.47. The van der Waals surface area contributed by atoms with E-state index in [4.69, 9.17) is 17.3 Å². The van der Waals surface area contributed by atoms with Crippen molar-refractivity contribution in [2.24, 2.45) is 0 Å². The number of carboxylic acid groups (broad SMARTS) is 1. The summed E-state index contributed by atoms with van der Waals surface area (Å²) >= 11 is 6.56. The molecule has 0 bridgehead atoms. The number of benzene rings is 2. The van der Waals surface area contributed by atoms with Crippen LogP contribution in [0.25, 0.3) is 6.08 Å². The van der Waals surface area contributed by atoms with Gasteiger partial charge in [0.2, 0.25) is 5.91 Å². The van der Waals surface area contributed by atoms with Crippen molar-refractivity contribution in [2.75, 3.05) is 11.9 Å². The maximum atomic E-state index is 12.6. The van der Waals surface area contributed by atoms with Gasteiger partial charge in [-0.25, -0.2) is 4.79 Å². The minimum absolute atomic E-state index is 0.152. The summed E-state index contributed by atoms with van der Waals surface area (Å²) in [6.45, 7) is 0.357. The molecule has 0 aromatic heterocycles. The van der Waals surface area contributed by atoms with E-state index in [2.05, 4.69) is 5.32 Å². The Morgan fingerprint density at radius 3 is 2.48 bits per heavy atom. The third-order valence-corrected chi connectivity index (χ3v) is 5.81. The Morgan fingerprint density at radius 2 is 1.81 bits per heavy atom. The molecule has 2 aromatic carbocycles. The van der Waals surface area contributed by atoms with Gasteiger partial charge < -0.3 is 10.4 Å². The second-order valence-electron chi connectivity index (χ2n) is 6.66. The van der Waals surface area contributed by atoms with Crippen LogP contribution in [0.3, 0.4) is 0 Å². The van der Waals surface area contributed by atoms with Gasteiger partial charge in [-0.15, -0.1) is 0 Å². The van der Waals surface area contributed by atoms with Gasteiger partial charge in [0, 0.05) is 18.7 Å². The molecule has 0 radical (unpaired) electrons. The van der Waals surface area contributed by atoms with Crippen LogP contribution in [0, 0.1) is 0 Å². The number of carbonyl (C=O) groups excluding carboxylic acids is 2. The standard InChI is InChI=1S/C23H20N2O4S2/c26-20(24-18-13-11-17(12-14-18)22(28)29)10-5-15-25-21(27)19(31-23(25)30)9-4-8-16-6-2-1-3-7-16/h1-4,6-9,11-14H,5,10,15H2,(H,24,26)(H,28,29)/b8-4+,19-9-. The molecule has 0 aliphatic carbocycles. The highest BCUT2D eigenvalue weighted by atomic mass is 32.2. The highest BCUT2D eigenvalue weighted by molar-refractivity contribution is 8.26. The fourth-order valence-electron chi connectivity index (χ4n) is 2.84. The number of nitrogens with one attached hydrogen (secondary N) is 1. The summed E-state index contributed by atoms with van der Waals surface area (Å²) in [7, 11) is 0. The molecule has 0 unspecified atom stereocenters. The van der Waals surface area contributed by atoms with Gasteiger partial charge in [0.15, 0.2) is 0 Å². The van der Waals surface area contributed by atoms with Gasteiger partial charge in [0.25, 0.3) is 5.91 Å². The molecule has 1 heterocycles. The quantitative estimate of drug-likeness (QED) is 0.451. The van der Waals surface area contributed by atoms with E-state index >= 15 is 0 Å². The zero-order valence-corrected chi connectivity index (χ0v) is 18.1. The molecular formula is C23H20N2O4S2. The Hall–Kier alpha value is -3.23. The van der Waals surface area contributed by atoms with Crippen molar-refractivity contribution >= 4 is 57.8 Å². The van der Waals surface area contributed by atoms with E-state index in [0.29, 0.717) is 27.9 Å². The predicted octanol–water partition coefficient (Wildman–Crippen LogP) is 4.56. The van der Waals surface area contributed by atoms with Crippen molar-refractivity contribution < 1.29 is 19.5 Å². The molecule has 1 aliphatic heterocycles. The zero-order valence-electron chi connectivity index (χ0n) is 16.5. The lowest BCUT2D eigenvalue weighted by Gasteiger charge is -2.14. The number of nitrogens with zero attached hydrogens (tertiary/aromatic N) is 1. The number of hydrogen-bond acceptors (Lipinski definition) is 5. The van der Waals surface area contributed by atoms with E-state index in [0.717, 1.165) is 5.56 Å². The van der Waals surface area contributed by atoms with Gasteiger partial charge in [0.05, 0.1) is 10.5 Å². The van der Waals surface area contributed by atoms with Crippen molar-refractivity contribution in [1.29, 1.82) is 0 Å². The number of thioether (sulfide) groups is 1. The summed E-state index contributed by atoms with van der Waals surface area (Å²) in [5.41, 5.74) is 1.71. The molecule has 0 saturated carbocycles. The minimum atomic E-state index is -1.02. The van der Waals surface area contributed by atoms with E-state index in [1.54, 1.807) is 6.08 Å². The van der Waals surface area contributed by atoms with Crippen LogP contribution >= 0.6 is 24.0 Å². The summed E-state index contributed by atoms with van der Waals surface area (Å²) in [6, 6.07) is 15.7. The maximum Gasteiger partial charge on any atom is 0.335 e. The van der Waals surface area contributed by atoms with Gasteiger partial charge in [-0.3, -0.25) is 14.5 Å². The van der Waals surface area contributed by atoms with Crippen LogP contribution in [-0.4, -0.2) is 38.7 Å². The lowest BCUT2D eigenvalue weighted by molar-refractivity contribution is -0.122. The molecule has 2 N–H and O–H groups in total. The smallest absolute Gasteiger partial charge is 0.335 e. The average Bonchev–Trinajstić information content (AvgIpc) is 3.02. The van der Waals surface area contributed by atoms with E-state index in [9.17, 15) is 14.4 Å². The van der Waals surface area contributed by atoms with Crippen molar-refractivity contribution in [2.45, 2.75) is 12.8 Å². The molecular weight excluding hydrogens is 432 g/mol. The molecule has 1 saturated heterocycles. The van der Waals surface area contributed by atoms with Crippen molar-refractivity contribution in [3.8, 4) is 0 Å². The third kappa shape index (κ3) is 6.37. The number of hydrogen-bond donors (Lipinski definition) is 2. The molecule has 158 valence electrons. The van der Waals surface area contributed by atoms with E-state index in [1.165, 1.54) is 40.9 Å². The topological polar surface area (TPSA) is 86.7 Å². The summed E-state index contributed by atoms with van der Waals surface area (Å²) in [4.78, 5) is 37.6. The van der Waals surface area contributed by atoms with Crippen LogP contribution in [-0.2, 0) is 9.59 Å². The van der Waals surface area contributed by atoms with Crippen LogP contribution in [0.4, 0.5) is 5.69 Å². The number of rotatable bonds is 8. The molecule has 6 nitrogen and oxygen atoms in total. The third-order valence-electron chi connectivity index (χ3n) is 4.41. The van der Waals surface area contributed by atoms with Crippen LogP contribution in [0.15, 0.2) is 71.7 Å². The second kappa shape index (κ2) is 10.7. The summed E-state index contributed by atoms with van der Waals surface area (Å²) in [6.07, 6.45) is 6.16. The number of carboxylic acids is 1. The number of amides is 2. The van der Waals surface area contributed by atoms with E-state index in [1.807, 2.05) is 42.5 Å². The molecule has 0 spiro atoms. The fourth-order valence-corrected chi connectivity index (χ4v) is 4.10. The van der Waals surface area contributed by atoms with E-state index < -0.39 is 5.97 Å². The van der Waals surface area contributed by atoms with Crippen molar-refractivity contribution in [3.63, 3.8) is 0 Å². The lowest BCUT2D eigenvalue weighted by Crippen LogP contribution is -2.29. The first-order valence-corrected chi connectivity index (χ1v) is 10.8. The van der Waals surface area contributed by atoms with Crippen LogP contribution in [0.5, 0.6) is 0 Å². The molecule has 8 heteroatoms. The maximum absolute atomic E-state index is 12.6. The monoisotopic (exact) mass is 452 g/mol. The van der Waals surface area contributed by atoms with Gasteiger partial charge >= 0.3 is 5.97 Å². The molecule has 31 heavy (non-hydrogen) atoms.